The molecule has 0 aromatic heterocycles. The quantitative estimate of drug-likeness (QED) is 0.620. The molecule has 0 aliphatic rings. The molecule has 0 atom stereocenters. The molecular weight excluding hydrogens is 196 g/mol. The van der Waals surface area contributed by atoms with Crippen LogP contribution in [0.1, 0.15) is 51.2 Å². The van der Waals surface area contributed by atoms with Crippen molar-refractivity contribution in [3.8, 4) is 5.75 Å². The van der Waals surface area contributed by atoms with Gasteiger partial charge in [-0.3, -0.25) is 0 Å². The first-order valence-corrected chi connectivity index (χ1v) is 6.56. The smallest absolute Gasteiger partial charge is 0.119 e. The number of aryl methyl sites for hydroxylation is 2. The average molecular weight is 220 g/mol. The average Bonchev–Trinajstić information content (AvgIpc) is 2.30. The summed E-state index contributed by atoms with van der Waals surface area (Å²) in [6.07, 6.45) is 5.80. The molecule has 0 amide bonds. The van der Waals surface area contributed by atoms with E-state index in [0.717, 1.165) is 31.6 Å². The largest absolute Gasteiger partial charge is 0.494 e. The number of hydrogen-bond acceptors (Lipinski definition) is 1. The lowest BCUT2D eigenvalue weighted by molar-refractivity contribution is 0.309. The number of ether oxygens (including phenoxy) is 1. The molecule has 0 aliphatic heterocycles. The summed E-state index contributed by atoms with van der Waals surface area (Å²) in [6, 6.07) is 6.54. The van der Waals surface area contributed by atoms with E-state index in [0.29, 0.717) is 0 Å². The van der Waals surface area contributed by atoms with Crippen LogP contribution >= 0.6 is 0 Å². The molecule has 0 N–H and O–H groups in total. The Morgan fingerprint density at radius 3 is 2.44 bits per heavy atom. The summed E-state index contributed by atoms with van der Waals surface area (Å²) in [6.45, 7) is 7.47. The Labute approximate surface area is 99.8 Å². The van der Waals surface area contributed by atoms with Gasteiger partial charge in [0.1, 0.15) is 5.75 Å². The summed E-state index contributed by atoms with van der Waals surface area (Å²) in [5.41, 5.74) is 2.92. The summed E-state index contributed by atoms with van der Waals surface area (Å²) < 4.78 is 5.73. The Kier molecular flexibility index (Phi) is 5.99. The van der Waals surface area contributed by atoms with Gasteiger partial charge in [0.15, 0.2) is 0 Å². The van der Waals surface area contributed by atoms with Gasteiger partial charge >= 0.3 is 0 Å². The van der Waals surface area contributed by atoms with Crippen LogP contribution in [0, 0.1) is 0 Å². The monoisotopic (exact) mass is 220 g/mol. The third-order valence-corrected chi connectivity index (χ3v) is 2.84. The molecule has 1 aromatic rings. The summed E-state index contributed by atoms with van der Waals surface area (Å²) in [5.74, 6) is 1.04. The van der Waals surface area contributed by atoms with Crippen LogP contribution in [0.5, 0.6) is 5.75 Å². The normalized spacial score (nSPS) is 10.4. The van der Waals surface area contributed by atoms with Crippen molar-refractivity contribution in [3.05, 3.63) is 29.3 Å². The van der Waals surface area contributed by atoms with Gasteiger partial charge in [0, 0.05) is 0 Å². The van der Waals surface area contributed by atoms with E-state index in [4.69, 9.17) is 4.74 Å². The molecule has 1 aromatic carbocycles. The van der Waals surface area contributed by atoms with E-state index in [2.05, 4.69) is 39.0 Å². The zero-order valence-corrected chi connectivity index (χ0v) is 10.9. The highest BCUT2D eigenvalue weighted by molar-refractivity contribution is 5.35. The third-order valence-electron chi connectivity index (χ3n) is 2.84. The molecule has 0 saturated heterocycles. The van der Waals surface area contributed by atoms with Crippen LogP contribution in [0.4, 0.5) is 0 Å². The number of unbranched alkanes of at least 4 members (excludes halogenated alkanes) is 1. The minimum atomic E-state index is 0.841. The van der Waals surface area contributed by atoms with Gasteiger partial charge in [-0.25, -0.2) is 0 Å². The predicted molar refractivity (Wildman–Crippen MR) is 70.2 cm³/mol. The Hall–Kier alpha value is -0.980. The number of hydrogen-bond donors (Lipinski definition) is 0. The zero-order chi connectivity index (χ0) is 11.8. The van der Waals surface area contributed by atoms with Crippen LogP contribution in [0.15, 0.2) is 18.2 Å². The second-order valence-electron chi connectivity index (χ2n) is 4.24. The van der Waals surface area contributed by atoms with Gasteiger partial charge in [-0.15, -0.1) is 0 Å². The minimum Gasteiger partial charge on any atom is -0.494 e. The van der Waals surface area contributed by atoms with E-state index in [-0.39, 0.29) is 0 Å². The van der Waals surface area contributed by atoms with Gasteiger partial charge in [-0.1, -0.05) is 39.7 Å². The van der Waals surface area contributed by atoms with Gasteiger partial charge in [0.2, 0.25) is 0 Å². The van der Waals surface area contributed by atoms with E-state index >= 15 is 0 Å². The molecule has 0 aliphatic carbocycles. The maximum atomic E-state index is 5.73. The van der Waals surface area contributed by atoms with E-state index in [1.54, 1.807) is 0 Å². The summed E-state index contributed by atoms with van der Waals surface area (Å²) in [5, 5.41) is 0. The molecule has 0 unspecified atom stereocenters. The second kappa shape index (κ2) is 7.32. The molecule has 0 heterocycles. The molecule has 0 fully saturated rings. The van der Waals surface area contributed by atoms with Gasteiger partial charge < -0.3 is 4.74 Å². The first-order chi connectivity index (χ1) is 7.81. The summed E-state index contributed by atoms with van der Waals surface area (Å²) >= 11 is 0. The van der Waals surface area contributed by atoms with Gasteiger partial charge in [0.05, 0.1) is 6.61 Å². The van der Waals surface area contributed by atoms with Gasteiger partial charge in [-0.05, 0) is 42.5 Å². The molecule has 0 spiro atoms. The van der Waals surface area contributed by atoms with Gasteiger partial charge in [-0.2, -0.15) is 0 Å². The van der Waals surface area contributed by atoms with Crippen LogP contribution in [0.25, 0.3) is 0 Å². The fourth-order valence-electron chi connectivity index (χ4n) is 1.87. The van der Waals surface area contributed by atoms with E-state index in [9.17, 15) is 0 Å². The lowest BCUT2D eigenvalue weighted by Gasteiger charge is -2.11. The Bertz CT molecular complexity index is 304. The van der Waals surface area contributed by atoms with Crippen molar-refractivity contribution >= 4 is 0 Å². The van der Waals surface area contributed by atoms with E-state index < -0.39 is 0 Å². The molecule has 1 heteroatoms. The highest BCUT2D eigenvalue weighted by Gasteiger charge is 2.02. The number of benzene rings is 1. The molecule has 0 bridgehead atoms. The fraction of sp³-hybridized carbons (Fsp3) is 0.600. The Balaban J connectivity index is 2.68. The zero-order valence-electron chi connectivity index (χ0n) is 10.9. The summed E-state index contributed by atoms with van der Waals surface area (Å²) in [7, 11) is 0. The van der Waals surface area contributed by atoms with E-state index in [1.165, 1.54) is 24.0 Å². The predicted octanol–water partition coefficient (Wildman–Crippen LogP) is 4.38. The minimum absolute atomic E-state index is 0.841. The fourth-order valence-corrected chi connectivity index (χ4v) is 1.87. The molecule has 1 rings (SSSR count). The second-order valence-corrected chi connectivity index (χ2v) is 4.24. The first-order valence-electron chi connectivity index (χ1n) is 6.56. The van der Waals surface area contributed by atoms with Crippen molar-refractivity contribution in [2.24, 2.45) is 0 Å². The van der Waals surface area contributed by atoms with Crippen molar-refractivity contribution in [1.82, 2.24) is 0 Å². The first kappa shape index (κ1) is 13.1. The lowest BCUT2D eigenvalue weighted by Crippen LogP contribution is -1.99. The van der Waals surface area contributed by atoms with Crippen molar-refractivity contribution < 1.29 is 4.74 Å². The molecular formula is C15H24O. The Morgan fingerprint density at radius 2 is 1.81 bits per heavy atom. The molecule has 0 saturated carbocycles. The maximum Gasteiger partial charge on any atom is 0.119 e. The van der Waals surface area contributed by atoms with Gasteiger partial charge in [0.25, 0.3) is 0 Å². The standard InChI is InChI=1S/C15H24O/c1-4-7-11-16-15-10-9-13(6-3)14(12-15)8-5-2/h9-10,12H,4-8,11H2,1-3H3. The van der Waals surface area contributed by atoms with E-state index in [1.807, 2.05) is 0 Å². The highest BCUT2D eigenvalue weighted by Crippen LogP contribution is 2.20. The summed E-state index contributed by atoms with van der Waals surface area (Å²) in [4.78, 5) is 0. The van der Waals surface area contributed by atoms with Crippen LogP contribution in [-0.2, 0) is 12.8 Å². The topological polar surface area (TPSA) is 9.23 Å². The number of rotatable bonds is 7. The van der Waals surface area contributed by atoms with Crippen LogP contribution in [-0.4, -0.2) is 6.61 Å². The van der Waals surface area contributed by atoms with Crippen LogP contribution < -0.4 is 4.74 Å². The lowest BCUT2D eigenvalue weighted by atomic mass is 10.0. The van der Waals surface area contributed by atoms with Crippen molar-refractivity contribution in [1.29, 1.82) is 0 Å². The van der Waals surface area contributed by atoms with Crippen LogP contribution in [0.2, 0.25) is 0 Å². The SMILES string of the molecule is CCCCOc1ccc(CC)c(CCC)c1. The van der Waals surface area contributed by atoms with Crippen LogP contribution in [0.3, 0.4) is 0 Å². The maximum absolute atomic E-state index is 5.73. The molecule has 0 radical (unpaired) electrons. The highest BCUT2D eigenvalue weighted by atomic mass is 16.5. The third kappa shape index (κ3) is 3.88. The molecule has 1 nitrogen and oxygen atoms in total. The molecule has 16 heavy (non-hydrogen) atoms. The molecule has 90 valence electrons. The van der Waals surface area contributed by atoms with Crippen molar-refractivity contribution in [2.75, 3.05) is 6.61 Å². The Morgan fingerprint density at radius 1 is 1.00 bits per heavy atom. The van der Waals surface area contributed by atoms with Crippen molar-refractivity contribution in [2.45, 2.75) is 52.9 Å². The van der Waals surface area contributed by atoms with Crippen molar-refractivity contribution in [3.63, 3.8) is 0 Å².